The molecule has 0 saturated heterocycles. The standard InChI is InChI=1S/C25H31N3O5/c1-17-8-7-9-18(14-17)20-15-19-10-12-28(22(29)21(19)33-23(20)30)11-5-3-4-6-13-32-24(31)25(2,27)16-26/h7-10,12,14-15H,3-6,11,13,16,26-27H2,1-2H3. The summed E-state index contributed by atoms with van der Waals surface area (Å²) in [5.74, 6) is -0.500. The Bertz CT molecular complexity index is 1240. The van der Waals surface area contributed by atoms with E-state index in [9.17, 15) is 14.4 Å². The molecule has 0 amide bonds. The fraction of sp³-hybridized carbons (Fsp3) is 0.400. The lowest BCUT2D eigenvalue weighted by atomic mass is 10.0. The van der Waals surface area contributed by atoms with Crippen molar-refractivity contribution < 1.29 is 13.9 Å². The number of carbonyl (C=O) groups excluding carboxylic acids is 1. The number of nitrogens with two attached hydrogens (primary N) is 2. The quantitative estimate of drug-likeness (QED) is 0.356. The predicted octanol–water partition coefficient (Wildman–Crippen LogP) is 2.71. The molecule has 8 heteroatoms. The maximum Gasteiger partial charge on any atom is 0.344 e. The van der Waals surface area contributed by atoms with Crippen LogP contribution in [0.2, 0.25) is 0 Å². The normalized spacial score (nSPS) is 13.1. The van der Waals surface area contributed by atoms with Crippen LogP contribution in [0.15, 0.2) is 56.6 Å². The molecule has 0 spiro atoms. The molecule has 3 rings (SSSR count). The largest absolute Gasteiger partial charge is 0.464 e. The molecule has 1 unspecified atom stereocenters. The summed E-state index contributed by atoms with van der Waals surface area (Å²) in [6.07, 6.45) is 4.89. The van der Waals surface area contributed by atoms with E-state index in [4.69, 9.17) is 20.6 Å². The van der Waals surface area contributed by atoms with Gasteiger partial charge in [0, 0.05) is 24.7 Å². The molecule has 0 bridgehead atoms. The van der Waals surface area contributed by atoms with Gasteiger partial charge in [-0.3, -0.25) is 9.59 Å². The van der Waals surface area contributed by atoms with Crippen molar-refractivity contribution in [1.29, 1.82) is 0 Å². The molecule has 2 aromatic heterocycles. The zero-order valence-electron chi connectivity index (χ0n) is 19.1. The van der Waals surface area contributed by atoms with Gasteiger partial charge in [-0.2, -0.15) is 0 Å². The van der Waals surface area contributed by atoms with Crippen LogP contribution in [0.3, 0.4) is 0 Å². The molecule has 2 heterocycles. The average Bonchev–Trinajstić information content (AvgIpc) is 2.79. The molecule has 0 aliphatic carbocycles. The fourth-order valence-electron chi connectivity index (χ4n) is 3.49. The number of esters is 1. The van der Waals surface area contributed by atoms with E-state index < -0.39 is 17.1 Å². The van der Waals surface area contributed by atoms with Crippen molar-refractivity contribution in [2.45, 2.75) is 51.6 Å². The van der Waals surface area contributed by atoms with Crippen LogP contribution < -0.4 is 22.7 Å². The molecule has 4 N–H and O–H groups in total. The lowest BCUT2D eigenvalue weighted by Gasteiger charge is -2.20. The van der Waals surface area contributed by atoms with Crippen molar-refractivity contribution in [1.82, 2.24) is 4.57 Å². The molecule has 0 radical (unpaired) electrons. The van der Waals surface area contributed by atoms with Gasteiger partial charge in [0.15, 0.2) is 0 Å². The van der Waals surface area contributed by atoms with Gasteiger partial charge in [-0.05, 0) is 50.8 Å². The summed E-state index contributed by atoms with van der Waals surface area (Å²) in [6.45, 7) is 4.32. The second-order valence-corrected chi connectivity index (χ2v) is 8.59. The minimum atomic E-state index is -1.16. The fourth-order valence-corrected chi connectivity index (χ4v) is 3.49. The third kappa shape index (κ3) is 5.97. The SMILES string of the molecule is Cc1cccc(-c2cc3ccn(CCCCCCOC(=O)C(C)(N)CN)c(=O)c3oc2=O)c1. The maximum absolute atomic E-state index is 12.8. The molecule has 3 aromatic rings. The maximum atomic E-state index is 12.8. The topological polar surface area (TPSA) is 131 Å². The summed E-state index contributed by atoms with van der Waals surface area (Å²) in [4.78, 5) is 37.1. The second-order valence-electron chi connectivity index (χ2n) is 8.59. The molecule has 0 fully saturated rings. The molecule has 1 atom stereocenters. The summed E-state index contributed by atoms with van der Waals surface area (Å²) >= 11 is 0. The van der Waals surface area contributed by atoms with Crippen LogP contribution in [-0.2, 0) is 16.1 Å². The molecule has 8 nitrogen and oxygen atoms in total. The van der Waals surface area contributed by atoms with Crippen LogP contribution in [0.1, 0.15) is 38.2 Å². The summed E-state index contributed by atoms with van der Waals surface area (Å²) in [7, 11) is 0. The van der Waals surface area contributed by atoms with Gasteiger partial charge in [-0.25, -0.2) is 4.79 Å². The highest BCUT2D eigenvalue weighted by molar-refractivity contribution is 5.81. The Labute approximate surface area is 192 Å². The van der Waals surface area contributed by atoms with Gasteiger partial charge < -0.3 is 25.2 Å². The lowest BCUT2D eigenvalue weighted by molar-refractivity contribution is -0.149. The van der Waals surface area contributed by atoms with E-state index in [-0.39, 0.29) is 24.3 Å². The first-order valence-electron chi connectivity index (χ1n) is 11.1. The highest BCUT2D eigenvalue weighted by Gasteiger charge is 2.28. The van der Waals surface area contributed by atoms with Gasteiger partial charge in [-0.1, -0.05) is 36.2 Å². The van der Waals surface area contributed by atoms with E-state index in [0.717, 1.165) is 30.4 Å². The minimum absolute atomic E-state index is 0.0275. The number of unbranched alkanes of at least 4 members (excludes halogenated alkanes) is 3. The van der Waals surface area contributed by atoms with Crippen molar-refractivity contribution in [3.8, 4) is 11.1 Å². The van der Waals surface area contributed by atoms with Crippen molar-refractivity contribution in [3.05, 3.63) is 68.9 Å². The molecule has 0 saturated carbocycles. The van der Waals surface area contributed by atoms with Gasteiger partial charge in [0.05, 0.1) is 12.2 Å². The molecule has 1 aromatic carbocycles. The number of carbonyl (C=O) groups is 1. The highest BCUT2D eigenvalue weighted by atomic mass is 16.5. The monoisotopic (exact) mass is 453 g/mol. The third-order valence-corrected chi connectivity index (χ3v) is 5.61. The molecule has 176 valence electrons. The van der Waals surface area contributed by atoms with Gasteiger partial charge >= 0.3 is 11.6 Å². The van der Waals surface area contributed by atoms with Crippen LogP contribution in [0.25, 0.3) is 22.1 Å². The van der Waals surface area contributed by atoms with Crippen LogP contribution in [0.5, 0.6) is 0 Å². The van der Waals surface area contributed by atoms with E-state index in [2.05, 4.69) is 0 Å². The van der Waals surface area contributed by atoms with E-state index in [1.165, 1.54) is 0 Å². The van der Waals surface area contributed by atoms with E-state index in [1.807, 2.05) is 31.2 Å². The Hall–Kier alpha value is -3.23. The Morgan fingerprint density at radius 1 is 1.12 bits per heavy atom. The number of hydrogen-bond donors (Lipinski definition) is 2. The van der Waals surface area contributed by atoms with Gasteiger partial charge in [0.25, 0.3) is 5.56 Å². The average molecular weight is 454 g/mol. The second kappa shape index (κ2) is 10.6. The number of nitrogens with zero attached hydrogens (tertiary/aromatic N) is 1. The first-order chi connectivity index (χ1) is 15.7. The number of hydrogen-bond acceptors (Lipinski definition) is 7. The summed E-state index contributed by atoms with van der Waals surface area (Å²) in [6, 6.07) is 11.1. The van der Waals surface area contributed by atoms with Gasteiger partial charge in [-0.15, -0.1) is 0 Å². The van der Waals surface area contributed by atoms with Crippen LogP contribution in [-0.4, -0.2) is 29.2 Å². The Morgan fingerprint density at radius 2 is 1.88 bits per heavy atom. The van der Waals surface area contributed by atoms with E-state index in [1.54, 1.807) is 29.8 Å². The Kier molecular flexibility index (Phi) is 7.84. The number of pyridine rings is 1. The minimum Gasteiger partial charge on any atom is -0.464 e. The predicted molar refractivity (Wildman–Crippen MR) is 128 cm³/mol. The van der Waals surface area contributed by atoms with E-state index in [0.29, 0.717) is 23.9 Å². The number of rotatable bonds is 10. The van der Waals surface area contributed by atoms with Crippen molar-refractivity contribution >= 4 is 16.9 Å². The summed E-state index contributed by atoms with van der Waals surface area (Å²) in [5, 5.41) is 0.596. The zero-order valence-corrected chi connectivity index (χ0v) is 19.1. The lowest BCUT2D eigenvalue weighted by Crippen LogP contribution is -2.52. The number of ether oxygens (including phenoxy) is 1. The first kappa shape index (κ1) is 24.4. The van der Waals surface area contributed by atoms with Crippen LogP contribution in [0, 0.1) is 6.92 Å². The van der Waals surface area contributed by atoms with E-state index >= 15 is 0 Å². The van der Waals surface area contributed by atoms with Crippen LogP contribution >= 0.6 is 0 Å². The van der Waals surface area contributed by atoms with Gasteiger partial charge in [0.2, 0.25) is 5.58 Å². The number of benzene rings is 1. The van der Waals surface area contributed by atoms with Crippen molar-refractivity contribution in [3.63, 3.8) is 0 Å². The summed E-state index contributed by atoms with van der Waals surface area (Å²) in [5.41, 5.74) is 11.5. The van der Waals surface area contributed by atoms with Crippen molar-refractivity contribution in [2.75, 3.05) is 13.2 Å². The number of fused-ring (bicyclic) bond motifs is 1. The Balaban J connectivity index is 1.57. The van der Waals surface area contributed by atoms with Crippen molar-refractivity contribution in [2.24, 2.45) is 11.5 Å². The number of aryl methyl sites for hydroxylation is 2. The Morgan fingerprint density at radius 3 is 2.61 bits per heavy atom. The third-order valence-electron chi connectivity index (χ3n) is 5.61. The first-order valence-corrected chi connectivity index (χ1v) is 11.1. The zero-order chi connectivity index (χ0) is 24.0. The van der Waals surface area contributed by atoms with Crippen LogP contribution in [0.4, 0.5) is 0 Å². The smallest absolute Gasteiger partial charge is 0.344 e. The van der Waals surface area contributed by atoms with Gasteiger partial charge in [0.1, 0.15) is 5.54 Å². The molecule has 0 aliphatic rings. The molecular formula is C25H31N3O5. The number of aromatic nitrogens is 1. The molecule has 0 aliphatic heterocycles. The molecule has 33 heavy (non-hydrogen) atoms. The summed E-state index contributed by atoms with van der Waals surface area (Å²) < 4.78 is 12.1. The molecular weight excluding hydrogens is 422 g/mol. The highest BCUT2D eigenvalue weighted by Crippen LogP contribution is 2.20.